The van der Waals surface area contributed by atoms with Gasteiger partial charge in [-0.05, 0) is 37.3 Å². The quantitative estimate of drug-likeness (QED) is 0.735. The number of hydrogen-bond acceptors (Lipinski definition) is 4. The van der Waals surface area contributed by atoms with Crippen molar-refractivity contribution in [2.75, 3.05) is 32.8 Å². The Labute approximate surface area is 149 Å². The Morgan fingerprint density at radius 3 is 2.60 bits per heavy atom. The first kappa shape index (κ1) is 19.2. The summed E-state index contributed by atoms with van der Waals surface area (Å²) in [5, 5.41) is 12.0. The SMILES string of the molecule is Cc1cccc(C)c1OCCNC(=O)CN1CC(C)CC(C(=O)O)C1. The van der Waals surface area contributed by atoms with Crippen LogP contribution in [0.5, 0.6) is 5.75 Å². The van der Waals surface area contributed by atoms with E-state index in [0.717, 1.165) is 23.4 Å². The van der Waals surface area contributed by atoms with Crippen LogP contribution in [0.2, 0.25) is 0 Å². The van der Waals surface area contributed by atoms with E-state index in [-0.39, 0.29) is 24.3 Å². The molecule has 6 heteroatoms. The molecule has 0 aliphatic carbocycles. The van der Waals surface area contributed by atoms with E-state index in [0.29, 0.717) is 26.1 Å². The van der Waals surface area contributed by atoms with E-state index in [4.69, 9.17) is 4.74 Å². The first-order chi connectivity index (χ1) is 11.9. The minimum absolute atomic E-state index is 0.0941. The largest absolute Gasteiger partial charge is 0.491 e. The predicted molar refractivity (Wildman–Crippen MR) is 95.8 cm³/mol. The summed E-state index contributed by atoms with van der Waals surface area (Å²) in [4.78, 5) is 25.2. The standard InChI is InChI=1S/C19H28N2O4/c1-13-9-16(19(23)24)11-21(10-13)12-17(22)20-7-8-25-18-14(2)5-4-6-15(18)3/h4-6,13,16H,7-12H2,1-3H3,(H,20,22)(H,23,24). The zero-order valence-corrected chi connectivity index (χ0v) is 15.2. The van der Waals surface area contributed by atoms with Crippen molar-refractivity contribution in [2.24, 2.45) is 11.8 Å². The topological polar surface area (TPSA) is 78.9 Å². The van der Waals surface area contributed by atoms with Crippen LogP contribution in [0, 0.1) is 25.7 Å². The van der Waals surface area contributed by atoms with Crippen molar-refractivity contribution in [1.82, 2.24) is 10.2 Å². The molecule has 0 spiro atoms. The number of hydrogen-bond donors (Lipinski definition) is 2. The molecule has 2 rings (SSSR count). The zero-order valence-electron chi connectivity index (χ0n) is 15.2. The third-order valence-corrected chi connectivity index (χ3v) is 4.53. The molecule has 1 amide bonds. The van der Waals surface area contributed by atoms with Crippen LogP contribution in [0.1, 0.15) is 24.5 Å². The number of para-hydroxylation sites is 1. The highest BCUT2D eigenvalue weighted by Crippen LogP contribution is 2.22. The maximum Gasteiger partial charge on any atom is 0.307 e. The molecule has 1 saturated heterocycles. The lowest BCUT2D eigenvalue weighted by Gasteiger charge is -2.34. The van der Waals surface area contributed by atoms with E-state index >= 15 is 0 Å². The Bertz CT molecular complexity index is 597. The van der Waals surface area contributed by atoms with Gasteiger partial charge in [0.05, 0.1) is 19.0 Å². The van der Waals surface area contributed by atoms with Gasteiger partial charge in [0.2, 0.25) is 5.91 Å². The molecule has 1 heterocycles. The number of amides is 1. The number of likely N-dealkylation sites (tertiary alicyclic amines) is 1. The molecule has 2 unspecified atom stereocenters. The molecule has 25 heavy (non-hydrogen) atoms. The predicted octanol–water partition coefficient (Wildman–Crippen LogP) is 1.84. The normalized spacial score (nSPS) is 20.9. The van der Waals surface area contributed by atoms with E-state index in [2.05, 4.69) is 5.32 Å². The number of aryl methyl sites for hydroxylation is 2. The Morgan fingerprint density at radius 1 is 1.28 bits per heavy atom. The van der Waals surface area contributed by atoms with Crippen LogP contribution >= 0.6 is 0 Å². The number of carbonyl (C=O) groups excluding carboxylic acids is 1. The summed E-state index contributed by atoms with van der Waals surface area (Å²) in [6, 6.07) is 5.98. The number of carbonyl (C=O) groups is 2. The summed E-state index contributed by atoms with van der Waals surface area (Å²) in [5.41, 5.74) is 2.15. The first-order valence-electron chi connectivity index (χ1n) is 8.77. The van der Waals surface area contributed by atoms with Crippen molar-refractivity contribution < 1.29 is 19.4 Å². The van der Waals surface area contributed by atoms with Crippen molar-refractivity contribution in [3.63, 3.8) is 0 Å². The van der Waals surface area contributed by atoms with Gasteiger partial charge in [-0.25, -0.2) is 0 Å². The van der Waals surface area contributed by atoms with Gasteiger partial charge in [0.15, 0.2) is 0 Å². The average molecular weight is 348 g/mol. The number of nitrogens with one attached hydrogen (secondary N) is 1. The van der Waals surface area contributed by atoms with Crippen LogP contribution < -0.4 is 10.1 Å². The minimum atomic E-state index is -0.779. The Hall–Kier alpha value is -2.08. The van der Waals surface area contributed by atoms with Gasteiger partial charge in [0.1, 0.15) is 12.4 Å². The fourth-order valence-corrected chi connectivity index (χ4v) is 3.40. The van der Waals surface area contributed by atoms with Gasteiger partial charge in [0, 0.05) is 13.1 Å². The molecule has 0 radical (unpaired) electrons. The zero-order chi connectivity index (χ0) is 18.4. The van der Waals surface area contributed by atoms with Gasteiger partial charge in [-0.15, -0.1) is 0 Å². The first-order valence-corrected chi connectivity index (χ1v) is 8.77. The molecule has 6 nitrogen and oxygen atoms in total. The van der Waals surface area contributed by atoms with Crippen molar-refractivity contribution in [3.05, 3.63) is 29.3 Å². The molecule has 0 bridgehead atoms. The highest BCUT2D eigenvalue weighted by Gasteiger charge is 2.30. The number of benzene rings is 1. The van der Waals surface area contributed by atoms with Crippen molar-refractivity contribution in [3.8, 4) is 5.75 Å². The third kappa shape index (κ3) is 5.74. The number of nitrogens with zero attached hydrogens (tertiary/aromatic N) is 1. The number of piperidine rings is 1. The smallest absolute Gasteiger partial charge is 0.307 e. The monoisotopic (exact) mass is 348 g/mol. The highest BCUT2D eigenvalue weighted by atomic mass is 16.5. The molecule has 1 aromatic rings. The molecule has 2 N–H and O–H groups in total. The fraction of sp³-hybridized carbons (Fsp3) is 0.579. The summed E-state index contributed by atoms with van der Waals surface area (Å²) in [5.74, 6) is -0.105. The van der Waals surface area contributed by atoms with Gasteiger partial charge >= 0.3 is 5.97 Å². The molecule has 1 fully saturated rings. The van der Waals surface area contributed by atoms with E-state index in [1.54, 1.807) is 0 Å². The summed E-state index contributed by atoms with van der Waals surface area (Å²) in [6.45, 7) is 8.29. The molecule has 0 aromatic heterocycles. The molecule has 0 saturated carbocycles. The fourth-order valence-electron chi connectivity index (χ4n) is 3.40. The number of carboxylic acids is 1. The lowest BCUT2D eigenvalue weighted by Crippen LogP contribution is -2.47. The Morgan fingerprint density at radius 2 is 1.96 bits per heavy atom. The molecular weight excluding hydrogens is 320 g/mol. The summed E-state index contributed by atoms with van der Waals surface area (Å²) in [7, 11) is 0. The second kappa shape index (κ2) is 8.85. The lowest BCUT2D eigenvalue weighted by atomic mass is 9.90. The number of carboxylic acid groups (broad SMARTS) is 1. The van der Waals surface area contributed by atoms with Crippen LogP contribution in [0.25, 0.3) is 0 Å². The molecule has 2 atom stereocenters. The van der Waals surface area contributed by atoms with E-state index in [1.807, 2.05) is 43.9 Å². The Kier molecular flexibility index (Phi) is 6.82. The minimum Gasteiger partial charge on any atom is -0.491 e. The molecule has 1 aliphatic heterocycles. The van der Waals surface area contributed by atoms with Crippen LogP contribution in [0.15, 0.2) is 18.2 Å². The van der Waals surface area contributed by atoms with Gasteiger partial charge in [0.25, 0.3) is 0 Å². The van der Waals surface area contributed by atoms with Crippen LogP contribution in [0.3, 0.4) is 0 Å². The molecular formula is C19H28N2O4. The maximum atomic E-state index is 12.1. The number of ether oxygens (including phenoxy) is 1. The number of rotatable bonds is 7. The second-order valence-corrected chi connectivity index (χ2v) is 6.99. The van der Waals surface area contributed by atoms with Crippen LogP contribution in [-0.4, -0.2) is 54.7 Å². The molecule has 1 aliphatic rings. The summed E-state index contributed by atoms with van der Waals surface area (Å²) in [6.07, 6.45) is 0.678. The van der Waals surface area contributed by atoms with Gasteiger partial charge < -0.3 is 15.2 Å². The van der Waals surface area contributed by atoms with Crippen LogP contribution in [0.4, 0.5) is 0 Å². The van der Waals surface area contributed by atoms with Crippen molar-refractivity contribution >= 4 is 11.9 Å². The third-order valence-electron chi connectivity index (χ3n) is 4.53. The maximum absolute atomic E-state index is 12.1. The lowest BCUT2D eigenvalue weighted by molar-refractivity contribution is -0.145. The van der Waals surface area contributed by atoms with Crippen LogP contribution in [-0.2, 0) is 9.59 Å². The van der Waals surface area contributed by atoms with E-state index in [9.17, 15) is 14.7 Å². The highest BCUT2D eigenvalue weighted by molar-refractivity contribution is 5.78. The van der Waals surface area contributed by atoms with Gasteiger partial charge in [-0.2, -0.15) is 0 Å². The molecule has 138 valence electrons. The van der Waals surface area contributed by atoms with Crippen molar-refractivity contribution in [1.29, 1.82) is 0 Å². The van der Waals surface area contributed by atoms with Gasteiger partial charge in [-0.1, -0.05) is 25.1 Å². The number of aliphatic carboxylic acids is 1. The summed E-state index contributed by atoms with van der Waals surface area (Å²) >= 11 is 0. The second-order valence-electron chi connectivity index (χ2n) is 6.99. The Balaban J connectivity index is 1.73. The average Bonchev–Trinajstić information content (AvgIpc) is 2.53. The van der Waals surface area contributed by atoms with E-state index < -0.39 is 5.97 Å². The van der Waals surface area contributed by atoms with E-state index in [1.165, 1.54) is 0 Å². The molecule has 1 aromatic carbocycles. The van der Waals surface area contributed by atoms with Crippen molar-refractivity contribution in [2.45, 2.75) is 27.2 Å². The van der Waals surface area contributed by atoms with Gasteiger partial charge in [-0.3, -0.25) is 14.5 Å². The summed E-state index contributed by atoms with van der Waals surface area (Å²) < 4.78 is 5.77.